The van der Waals surface area contributed by atoms with Crippen molar-refractivity contribution in [2.24, 2.45) is 0 Å². The van der Waals surface area contributed by atoms with Crippen molar-refractivity contribution in [3.63, 3.8) is 0 Å². The fraction of sp³-hybridized carbons (Fsp3) is 0.278. The van der Waals surface area contributed by atoms with Crippen molar-refractivity contribution in [3.05, 3.63) is 148 Å². The Bertz CT molecular complexity index is 1520. The second-order valence-electron chi connectivity index (χ2n) is 12.0. The molecule has 5 nitrogen and oxygen atoms in total. The van der Waals surface area contributed by atoms with Gasteiger partial charge in [0.25, 0.3) is 0 Å². The molecule has 0 N–H and O–H groups in total. The van der Waals surface area contributed by atoms with Crippen LogP contribution in [0.5, 0.6) is 5.75 Å². The molecule has 4 aromatic carbocycles. The van der Waals surface area contributed by atoms with Crippen LogP contribution in [0.3, 0.4) is 0 Å². The molecule has 0 spiro atoms. The normalized spacial score (nSPS) is 18.0. The first-order chi connectivity index (χ1) is 20.9. The van der Waals surface area contributed by atoms with Gasteiger partial charge in [-0.2, -0.15) is 0 Å². The molecule has 1 saturated heterocycles. The molecule has 0 unspecified atom stereocenters. The molecule has 1 atom stereocenters. The predicted molar refractivity (Wildman–Crippen MR) is 179 cm³/mol. The number of halogens is 2. The van der Waals surface area contributed by atoms with Crippen LogP contribution in [0.2, 0.25) is 0 Å². The molecule has 1 heterocycles. The third-order valence-corrected chi connectivity index (χ3v) is 9.45. The molecule has 5 rings (SSSR count). The molecule has 0 aliphatic carbocycles. The van der Waals surface area contributed by atoms with Crippen LogP contribution in [0.4, 0.5) is 5.69 Å². The summed E-state index contributed by atoms with van der Waals surface area (Å²) in [6.07, 6.45) is 1.08. The minimum absolute atomic E-state index is 0.00360. The van der Waals surface area contributed by atoms with Crippen LogP contribution >= 0.6 is 19.4 Å². The number of nitro groups is 1. The zero-order chi connectivity index (χ0) is 31.9. The maximum Gasteiger partial charge on any atom is 0.0336 e. The number of benzene rings is 4. The SMILES string of the molecule is CC(C)Oc1ccc([N+](=O)[O-])cc1[CH]=[Ru]([Cl])[Cl].CC1(C)C[C@](C)(c2ccccc2)[CH-]N1C(c1ccccc1)c1ccccc1. The molecule has 0 saturated carbocycles. The van der Waals surface area contributed by atoms with Gasteiger partial charge >= 0.3 is 112 Å². The van der Waals surface area contributed by atoms with Gasteiger partial charge in [0, 0.05) is 6.04 Å². The van der Waals surface area contributed by atoms with Crippen molar-refractivity contribution in [2.45, 2.75) is 64.1 Å². The van der Waals surface area contributed by atoms with Gasteiger partial charge in [0.05, 0.1) is 0 Å². The van der Waals surface area contributed by atoms with Crippen LogP contribution in [0.1, 0.15) is 69.3 Å². The maximum absolute atomic E-state index is 10.7. The Morgan fingerprint density at radius 1 is 0.886 bits per heavy atom. The average molecular weight is 720 g/mol. The van der Waals surface area contributed by atoms with Crippen molar-refractivity contribution in [1.82, 2.24) is 4.90 Å². The third kappa shape index (κ3) is 8.64. The van der Waals surface area contributed by atoms with Crippen LogP contribution in [0.15, 0.2) is 109 Å². The summed E-state index contributed by atoms with van der Waals surface area (Å²) in [5.74, 6) is 0.561. The molecule has 0 aromatic heterocycles. The van der Waals surface area contributed by atoms with Crippen LogP contribution in [-0.4, -0.2) is 26.1 Å². The summed E-state index contributed by atoms with van der Waals surface area (Å²) < 4.78 is 7.17. The Morgan fingerprint density at radius 2 is 1.41 bits per heavy atom. The van der Waals surface area contributed by atoms with E-state index < -0.39 is 18.4 Å². The molecule has 0 bridgehead atoms. The number of non-ortho nitro benzene ring substituents is 1. The topological polar surface area (TPSA) is 55.6 Å². The standard InChI is InChI=1S/C26H28N.C10H11NO3.2ClH.Ru/c1-25(2)19-26(3,23-17-11-6-12-18-23)20-27(25)24(21-13-7-4-8-14-21)22-15-9-5-10-16-22;1-7(2)14-10-5-4-9(11(12)13)6-8(10)3;;;/h4-18,20,24H,19H2,1-3H3;3-7H,1-2H3;2*1H;/q-1;;;;+2/p-2/t26-;;;;/m0..../s1. The van der Waals surface area contributed by atoms with Crippen molar-refractivity contribution >= 4 is 29.7 Å². The van der Waals surface area contributed by atoms with E-state index in [1.54, 1.807) is 10.7 Å². The molecule has 0 amide bonds. The maximum atomic E-state index is 10.7. The zero-order valence-electron chi connectivity index (χ0n) is 25.6. The Hall–Kier alpha value is -2.89. The smallest absolute Gasteiger partial charge is 0.0336 e. The molecule has 234 valence electrons. The van der Waals surface area contributed by atoms with E-state index in [9.17, 15) is 10.1 Å². The van der Waals surface area contributed by atoms with E-state index in [1.807, 2.05) is 13.8 Å². The van der Waals surface area contributed by atoms with E-state index in [4.69, 9.17) is 24.1 Å². The van der Waals surface area contributed by atoms with Gasteiger partial charge in [0.2, 0.25) is 0 Å². The first-order valence-corrected chi connectivity index (χ1v) is 20.0. The number of hydrogen-bond donors (Lipinski definition) is 0. The number of nitro benzene ring substituents is 1. The van der Waals surface area contributed by atoms with E-state index >= 15 is 0 Å². The molecular weight excluding hydrogens is 680 g/mol. The molecule has 4 aromatic rings. The third-order valence-electron chi connectivity index (χ3n) is 7.62. The summed E-state index contributed by atoms with van der Waals surface area (Å²) in [6.45, 7) is 13.3. The van der Waals surface area contributed by atoms with Gasteiger partial charge < -0.3 is 4.90 Å². The van der Waals surface area contributed by atoms with Crippen molar-refractivity contribution in [2.75, 3.05) is 0 Å². The van der Waals surface area contributed by atoms with Crippen LogP contribution < -0.4 is 4.74 Å². The van der Waals surface area contributed by atoms with Crippen LogP contribution in [0, 0.1) is 16.7 Å². The number of hydrogen-bond acceptors (Lipinski definition) is 4. The van der Waals surface area contributed by atoms with Crippen molar-refractivity contribution in [3.8, 4) is 5.75 Å². The molecule has 1 aliphatic rings. The summed E-state index contributed by atoms with van der Waals surface area (Å²) in [5.41, 5.74) is 4.73. The number of rotatable bonds is 8. The Morgan fingerprint density at radius 3 is 1.89 bits per heavy atom. The van der Waals surface area contributed by atoms with E-state index in [0.29, 0.717) is 11.3 Å². The van der Waals surface area contributed by atoms with Gasteiger partial charge in [-0.1, -0.05) is 110 Å². The second-order valence-corrected chi connectivity index (χ2v) is 17.7. The van der Waals surface area contributed by atoms with E-state index in [1.165, 1.54) is 28.8 Å². The monoisotopic (exact) mass is 719 g/mol. The number of likely N-dealkylation sites (tertiary alicyclic amines) is 1. The molecule has 44 heavy (non-hydrogen) atoms. The average Bonchev–Trinajstić information content (AvgIpc) is 3.24. The van der Waals surface area contributed by atoms with Gasteiger partial charge in [0.15, 0.2) is 0 Å². The Balaban J connectivity index is 0.000000225. The minimum Gasteiger partial charge on any atom is -0.441 e. The summed E-state index contributed by atoms with van der Waals surface area (Å²) in [6, 6.07) is 37.3. The van der Waals surface area contributed by atoms with E-state index in [0.717, 1.165) is 6.42 Å². The molecule has 1 aliphatic heterocycles. The van der Waals surface area contributed by atoms with E-state index in [2.05, 4.69) is 123 Å². The Labute approximate surface area is 274 Å². The van der Waals surface area contributed by atoms with Crippen LogP contribution in [-0.2, 0) is 18.9 Å². The van der Waals surface area contributed by atoms with Crippen molar-refractivity contribution in [1.29, 1.82) is 0 Å². The number of nitrogens with zero attached hydrogens (tertiary/aromatic N) is 2. The van der Waals surface area contributed by atoms with Crippen molar-refractivity contribution < 1.29 is 23.2 Å². The first-order valence-electron chi connectivity index (χ1n) is 14.5. The van der Waals surface area contributed by atoms with Gasteiger partial charge in [-0.05, 0) is 30.5 Å². The Kier molecular flexibility index (Phi) is 11.5. The minimum atomic E-state index is -2.05. The second kappa shape index (κ2) is 14.9. The van der Waals surface area contributed by atoms with Gasteiger partial charge in [-0.3, -0.25) is 6.54 Å². The summed E-state index contributed by atoms with van der Waals surface area (Å²) >= 11 is -2.05. The zero-order valence-corrected chi connectivity index (χ0v) is 28.9. The number of ether oxygens (including phenoxy) is 1. The van der Waals surface area contributed by atoms with Gasteiger partial charge in [0.1, 0.15) is 0 Å². The fourth-order valence-corrected chi connectivity index (χ4v) is 7.68. The summed E-state index contributed by atoms with van der Waals surface area (Å²) in [4.78, 5) is 12.8. The quantitative estimate of drug-likeness (QED) is 0.0788. The molecule has 0 radical (unpaired) electrons. The fourth-order valence-electron chi connectivity index (χ4n) is 5.89. The molecule has 8 heteroatoms. The predicted octanol–water partition coefficient (Wildman–Crippen LogP) is 9.84. The summed E-state index contributed by atoms with van der Waals surface area (Å²) in [7, 11) is 11.6. The van der Waals surface area contributed by atoms with Gasteiger partial charge in [-0.25, -0.2) is 0 Å². The van der Waals surface area contributed by atoms with Gasteiger partial charge in [-0.15, -0.1) is 5.41 Å². The van der Waals surface area contributed by atoms with Crippen LogP contribution in [0.25, 0.3) is 0 Å². The molecule has 1 fully saturated rings. The van der Waals surface area contributed by atoms with E-state index in [-0.39, 0.29) is 28.8 Å². The summed E-state index contributed by atoms with van der Waals surface area (Å²) in [5, 5.41) is 10.7. The molecular formula is C36H39Cl2N2O3Ru-. The first kappa shape index (κ1) is 34.0. The largest absolute Gasteiger partial charge is 0.441 e.